The maximum Gasteiger partial charge on any atom is 0.472 e. The van der Waals surface area contributed by atoms with E-state index in [4.69, 9.17) is 24.3 Å². The van der Waals surface area contributed by atoms with Gasteiger partial charge in [-0.25, -0.2) is 4.57 Å². The van der Waals surface area contributed by atoms with Gasteiger partial charge in [-0.2, -0.15) is 0 Å². The summed E-state index contributed by atoms with van der Waals surface area (Å²) in [5.74, 6) is -0.812. The SMILES string of the molecule is CC/C=C\C/C=C\C/C=C\C/C=C\CCCCCCCCCCCCCCC(=O)OC(COC(=O)CCCCCCCCCCCCCCCCCCCCCCCCCCCCCCCCCCCCCC)COP(=O)(O)OCCN. The van der Waals surface area contributed by atoms with Crippen molar-refractivity contribution in [3.8, 4) is 0 Å². The Morgan fingerprint density at radius 1 is 0.378 bits per heavy atom. The minimum atomic E-state index is -4.39. The molecule has 0 rings (SSSR count). The summed E-state index contributed by atoms with van der Waals surface area (Å²) in [6.07, 6.45) is 86.6. The van der Waals surface area contributed by atoms with Crippen LogP contribution in [0.25, 0.3) is 0 Å². The van der Waals surface area contributed by atoms with E-state index >= 15 is 0 Å². The molecule has 0 bridgehead atoms. The number of phosphoric ester groups is 1. The van der Waals surface area contributed by atoms with Gasteiger partial charge in [0.15, 0.2) is 6.10 Å². The van der Waals surface area contributed by atoms with Crippen LogP contribution in [0, 0.1) is 0 Å². The molecule has 0 aliphatic carbocycles. The first kappa shape index (κ1) is 80.0. The molecule has 482 valence electrons. The van der Waals surface area contributed by atoms with E-state index in [9.17, 15) is 19.0 Å². The van der Waals surface area contributed by atoms with Crippen molar-refractivity contribution in [1.82, 2.24) is 0 Å². The molecular weight excluding hydrogens is 1040 g/mol. The van der Waals surface area contributed by atoms with Gasteiger partial charge in [0.25, 0.3) is 0 Å². The Morgan fingerprint density at radius 3 is 1.00 bits per heavy atom. The van der Waals surface area contributed by atoms with Crippen molar-refractivity contribution < 1.29 is 37.6 Å². The number of unbranched alkanes of at least 4 members (excludes halogenated alkanes) is 47. The number of phosphoric acid groups is 1. The van der Waals surface area contributed by atoms with Crippen LogP contribution in [0.3, 0.4) is 0 Å². The zero-order valence-corrected chi connectivity index (χ0v) is 55.1. The lowest BCUT2D eigenvalue weighted by Crippen LogP contribution is -2.29. The van der Waals surface area contributed by atoms with Gasteiger partial charge in [0, 0.05) is 19.4 Å². The molecule has 0 aromatic heterocycles. The van der Waals surface area contributed by atoms with Gasteiger partial charge >= 0.3 is 19.8 Å². The molecule has 3 N–H and O–H groups in total. The lowest BCUT2D eigenvalue weighted by molar-refractivity contribution is -0.161. The van der Waals surface area contributed by atoms with Crippen molar-refractivity contribution in [2.24, 2.45) is 5.73 Å². The Kier molecular flexibility index (Phi) is 66.4. The highest BCUT2D eigenvalue weighted by atomic mass is 31.2. The average molecular weight is 1170 g/mol. The molecule has 0 aliphatic rings. The van der Waals surface area contributed by atoms with Crippen molar-refractivity contribution in [1.29, 1.82) is 0 Å². The van der Waals surface area contributed by atoms with Crippen LogP contribution in [0.2, 0.25) is 0 Å². The van der Waals surface area contributed by atoms with E-state index in [2.05, 4.69) is 62.5 Å². The Hall–Kier alpha value is -2.03. The van der Waals surface area contributed by atoms with Crippen LogP contribution in [-0.2, 0) is 32.7 Å². The van der Waals surface area contributed by atoms with Crippen LogP contribution in [0.1, 0.15) is 367 Å². The second-order valence-corrected chi connectivity index (χ2v) is 25.5. The van der Waals surface area contributed by atoms with Crippen molar-refractivity contribution in [3.63, 3.8) is 0 Å². The maximum atomic E-state index is 12.8. The third-order valence-corrected chi connectivity index (χ3v) is 17.0. The number of hydrogen-bond donors (Lipinski definition) is 2. The molecule has 0 heterocycles. The van der Waals surface area contributed by atoms with Crippen LogP contribution in [0.15, 0.2) is 48.6 Å². The summed E-state index contributed by atoms with van der Waals surface area (Å²) in [5, 5.41) is 0. The van der Waals surface area contributed by atoms with Gasteiger partial charge < -0.3 is 20.1 Å². The fraction of sp³-hybridized carbons (Fsp3) is 0.861. The summed E-state index contributed by atoms with van der Waals surface area (Å²) in [6, 6.07) is 0. The minimum absolute atomic E-state index is 0.0539. The summed E-state index contributed by atoms with van der Waals surface area (Å²) in [5.41, 5.74) is 5.40. The van der Waals surface area contributed by atoms with E-state index < -0.39 is 26.5 Å². The van der Waals surface area contributed by atoms with Crippen molar-refractivity contribution in [3.05, 3.63) is 48.6 Å². The highest BCUT2D eigenvalue weighted by Gasteiger charge is 2.26. The minimum Gasteiger partial charge on any atom is -0.462 e. The van der Waals surface area contributed by atoms with E-state index in [1.54, 1.807) is 0 Å². The number of nitrogens with two attached hydrogens (primary N) is 1. The topological polar surface area (TPSA) is 134 Å². The molecule has 0 spiro atoms. The highest BCUT2D eigenvalue weighted by Crippen LogP contribution is 2.43. The third-order valence-electron chi connectivity index (χ3n) is 16.0. The molecule has 0 aromatic rings. The molecule has 0 fully saturated rings. The van der Waals surface area contributed by atoms with Crippen LogP contribution in [-0.4, -0.2) is 49.3 Å². The van der Waals surface area contributed by atoms with Crippen LogP contribution >= 0.6 is 7.82 Å². The van der Waals surface area contributed by atoms with Crippen LogP contribution in [0.5, 0.6) is 0 Å². The van der Waals surface area contributed by atoms with Crippen molar-refractivity contribution >= 4 is 19.8 Å². The summed E-state index contributed by atoms with van der Waals surface area (Å²) < 4.78 is 33.2. The Balaban J connectivity index is 3.79. The summed E-state index contributed by atoms with van der Waals surface area (Å²) in [6.45, 7) is 3.70. The normalized spacial score (nSPS) is 13.2. The number of carbonyl (C=O) groups excluding carboxylic acids is 2. The number of ether oxygens (including phenoxy) is 2. The molecule has 0 aliphatic heterocycles. The van der Waals surface area contributed by atoms with Gasteiger partial charge in [-0.1, -0.05) is 351 Å². The predicted octanol–water partition coefficient (Wildman–Crippen LogP) is 23.3. The molecular formula is C72H136NO8P. The molecule has 9 nitrogen and oxygen atoms in total. The zero-order chi connectivity index (χ0) is 59.4. The van der Waals surface area contributed by atoms with Crippen molar-refractivity contribution in [2.45, 2.75) is 373 Å². The van der Waals surface area contributed by atoms with E-state index in [1.165, 1.54) is 270 Å². The number of rotatable bonds is 68. The molecule has 82 heavy (non-hydrogen) atoms. The smallest absolute Gasteiger partial charge is 0.462 e. The fourth-order valence-corrected chi connectivity index (χ4v) is 11.5. The molecule has 0 amide bonds. The molecule has 0 radical (unpaired) electrons. The number of esters is 2. The van der Waals surface area contributed by atoms with Gasteiger partial charge in [-0.05, 0) is 51.4 Å². The second kappa shape index (κ2) is 68.1. The first-order valence-corrected chi connectivity index (χ1v) is 37.1. The molecule has 0 saturated heterocycles. The Labute approximate surface area is 508 Å². The standard InChI is InChI=1S/C72H136NO8P/c1-3-5-7-9-11-13-15-17-19-21-23-25-27-29-30-31-32-33-34-35-36-37-38-39-41-42-44-46-48-50-52-54-56-58-60-62-64-71(74)78-68-70(69-80-82(76,77)79-67-66-73)81-72(75)65-63-61-59-57-55-53-51-49-47-45-43-40-28-26-24-22-20-18-16-14-12-10-8-6-4-2/h6,8,12,14,18,20,24,26,70H,3-5,7,9-11,13,15-17,19,21-23,25,27-69,73H2,1-2H3,(H,76,77)/b8-6-,14-12-,20-18-,26-24-. The molecule has 0 aromatic carbocycles. The summed E-state index contributed by atoms with van der Waals surface area (Å²) in [4.78, 5) is 35.3. The first-order valence-electron chi connectivity index (χ1n) is 35.6. The van der Waals surface area contributed by atoms with Crippen LogP contribution in [0.4, 0.5) is 0 Å². The molecule has 2 unspecified atom stereocenters. The first-order chi connectivity index (χ1) is 40.3. The fourth-order valence-electron chi connectivity index (χ4n) is 10.8. The average Bonchev–Trinajstić information content (AvgIpc) is 3.47. The van der Waals surface area contributed by atoms with E-state index in [0.717, 1.165) is 64.2 Å². The van der Waals surface area contributed by atoms with Gasteiger partial charge in [-0.15, -0.1) is 0 Å². The number of carbonyl (C=O) groups is 2. The Bertz CT molecular complexity index is 1480. The van der Waals surface area contributed by atoms with E-state index in [0.29, 0.717) is 6.42 Å². The largest absolute Gasteiger partial charge is 0.472 e. The third kappa shape index (κ3) is 67.1. The molecule has 2 atom stereocenters. The van der Waals surface area contributed by atoms with Gasteiger partial charge in [-0.3, -0.25) is 18.6 Å². The summed E-state index contributed by atoms with van der Waals surface area (Å²) >= 11 is 0. The van der Waals surface area contributed by atoms with Crippen molar-refractivity contribution in [2.75, 3.05) is 26.4 Å². The summed E-state index contributed by atoms with van der Waals surface area (Å²) in [7, 11) is -4.39. The highest BCUT2D eigenvalue weighted by molar-refractivity contribution is 7.47. The predicted molar refractivity (Wildman–Crippen MR) is 353 cm³/mol. The monoisotopic (exact) mass is 1170 g/mol. The van der Waals surface area contributed by atoms with Gasteiger partial charge in [0.2, 0.25) is 0 Å². The van der Waals surface area contributed by atoms with E-state index in [-0.39, 0.29) is 38.6 Å². The quantitative estimate of drug-likeness (QED) is 0.0264. The van der Waals surface area contributed by atoms with Crippen LogP contribution < -0.4 is 5.73 Å². The van der Waals surface area contributed by atoms with Gasteiger partial charge in [0.05, 0.1) is 13.2 Å². The van der Waals surface area contributed by atoms with Gasteiger partial charge in [0.1, 0.15) is 6.61 Å². The second-order valence-electron chi connectivity index (χ2n) is 24.1. The number of allylic oxidation sites excluding steroid dienone is 8. The molecule has 10 heteroatoms. The zero-order valence-electron chi connectivity index (χ0n) is 54.2. The van der Waals surface area contributed by atoms with E-state index in [1.807, 2.05) is 0 Å². The molecule has 0 saturated carbocycles. The maximum absolute atomic E-state index is 12.8. The lowest BCUT2D eigenvalue weighted by Gasteiger charge is -2.19. The lowest BCUT2D eigenvalue weighted by atomic mass is 10.0. The number of hydrogen-bond acceptors (Lipinski definition) is 8. The Morgan fingerprint density at radius 2 is 0.671 bits per heavy atom.